The van der Waals surface area contributed by atoms with Crippen molar-refractivity contribution >= 4 is 27.4 Å². The van der Waals surface area contributed by atoms with Crippen LogP contribution in [-0.2, 0) is 0 Å². The van der Waals surface area contributed by atoms with Gasteiger partial charge < -0.3 is 4.90 Å². The van der Waals surface area contributed by atoms with E-state index in [1.54, 1.807) is 0 Å². The van der Waals surface area contributed by atoms with Crippen LogP contribution < -0.4 is 4.90 Å². The average molecular weight is 292 g/mol. The van der Waals surface area contributed by atoms with E-state index in [9.17, 15) is 0 Å². The number of benzene rings is 1. The first-order valence-electron chi connectivity index (χ1n) is 5.38. The SMILES string of the molecule is Cc1cccc(N(C)c2cc(Br)nc(C)n2)c1. The average Bonchev–Trinajstić information content (AvgIpc) is 2.26. The van der Waals surface area contributed by atoms with Crippen molar-refractivity contribution in [3.63, 3.8) is 0 Å². The summed E-state index contributed by atoms with van der Waals surface area (Å²) in [6.45, 7) is 3.97. The Kier molecular flexibility index (Phi) is 3.43. The summed E-state index contributed by atoms with van der Waals surface area (Å²) >= 11 is 3.39. The van der Waals surface area contributed by atoms with Crippen LogP contribution in [0.2, 0.25) is 0 Å². The molecule has 0 N–H and O–H groups in total. The Morgan fingerprint density at radius 1 is 1.12 bits per heavy atom. The van der Waals surface area contributed by atoms with Crippen molar-refractivity contribution in [2.45, 2.75) is 13.8 Å². The first-order valence-corrected chi connectivity index (χ1v) is 6.17. The second-order valence-corrected chi connectivity index (χ2v) is 4.81. The summed E-state index contributed by atoms with van der Waals surface area (Å²) < 4.78 is 0.805. The molecule has 0 saturated carbocycles. The lowest BCUT2D eigenvalue weighted by molar-refractivity contribution is 0.997. The summed E-state index contributed by atoms with van der Waals surface area (Å²) in [6.07, 6.45) is 0. The van der Waals surface area contributed by atoms with Gasteiger partial charge in [-0.3, -0.25) is 0 Å². The number of aromatic nitrogens is 2. The highest BCUT2D eigenvalue weighted by Gasteiger charge is 2.07. The number of nitrogens with zero attached hydrogens (tertiary/aromatic N) is 3. The van der Waals surface area contributed by atoms with E-state index in [-0.39, 0.29) is 0 Å². The van der Waals surface area contributed by atoms with E-state index in [0.717, 1.165) is 21.9 Å². The predicted molar refractivity (Wildman–Crippen MR) is 73.7 cm³/mol. The molecule has 0 spiro atoms. The van der Waals surface area contributed by atoms with Gasteiger partial charge in [0.1, 0.15) is 16.2 Å². The number of aryl methyl sites for hydroxylation is 2. The fraction of sp³-hybridized carbons (Fsp3) is 0.231. The first-order chi connectivity index (χ1) is 8.06. The summed E-state index contributed by atoms with van der Waals surface area (Å²) in [6, 6.07) is 10.2. The molecule has 0 atom stereocenters. The third-order valence-corrected chi connectivity index (χ3v) is 2.93. The lowest BCUT2D eigenvalue weighted by Crippen LogP contribution is -2.12. The van der Waals surface area contributed by atoms with E-state index < -0.39 is 0 Å². The van der Waals surface area contributed by atoms with Crippen molar-refractivity contribution < 1.29 is 0 Å². The van der Waals surface area contributed by atoms with Gasteiger partial charge in [0.15, 0.2) is 0 Å². The van der Waals surface area contributed by atoms with Crippen molar-refractivity contribution in [3.05, 3.63) is 46.3 Å². The van der Waals surface area contributed by atoms with Crippen LogP contribution in [0.1, 0.15) is 11.4 Å². The Bertz CT molecular complexity index is 520. The minimum Gasteiger partial charge on any atom is -0.329 e. The van der Waals surface area contributed by atoms with Gasteiger partial charge >= 0.3 is 0 Å². The molecule has 0 aliphatic heterocycles. The van der Waals surface area contributed by atoms with Crippen LogP contribution >= 0.6 is 15.9 Å². The molecule has 2 aromatic rings. The number of rotatable bonds is 2. The molecule has 0 aliphatic rings. The molecular formula is C13H14BrN3. The Labute approximate surface area is 110 Å². The topological polar surface area (TPSA) is 29.0 Å². The molecule has 17 heavy (non-hydrogen) atoms. The number of hydrogen-bond acceptors (Lipinski definition) is 3. The fourth-order valence-corrected chi connectivity index (χ4v) is 2.12. The van der Waals surface area contributed by atoms with Gasteiger partial charge in [-0.05, 0) is 47.5 Å². The van der Waals surface area contributed by atoms with Crippen LogP contribution in [0, 0.1) is 13.8 Å². The molecule has 0 unspecified atom stereocenters. The molecular weight excluding hydrogens is 278 g/mol. The Balaban J connectivity index is 2.39. The Hall–Kier alpha value is -1.42. The molecule has 1 aromatic carbocycles. The zero-order valence-corrected chi connectivity index (χ0v) is 11.7. The van der Waals surface area contributed by atoms with Gasteiger partial charge in [0.05, 0.1) is 0 Å². The third-order valence-electron chi connectivity index (χ3n) is 2.53. The van der Waals surface area contributed by atoms with Gasteiger partial charge in [0.2, 0.25) is 0 Å². The molecule has 2 rings (SSSR count). The zero-order chi connectivity index (χ0) is 12.4. The van der Waals surface area contributed by atoms with Crippen molar-refractivity contribution in [2.75, 3.05) is 11.9 Å². The van der Waals surface area contributed by atoms with Gasteiger partial charge in [0, 0.05) is 18.8 Å². The molecule has 1 heterocycles. The van der Waals surface area contributed by atoms with Crippen LogP contribution in [0.3, 0.4) is 0 Å². The van der Waals surface area contributed by atoms with E-state index in [1.807, 2.05) is 31.0 Å². The maximum Gasteiger partial charge on any atom is 0.137 e. The highest BCUT2D eigenvalue weighted by Crippen LogP contribution is 2.24. The smallest absolute Gasteiger partial charge is 0.137 e. The summed E-state index contributed by atoms with van der Waals surface area (Å²) in [7, 11) is 2.00. The third kappa shape index (κ3) is 2.82. The maximum absolute atomic E-state index is 4.42. The molecule has 4 heteroatoms. The normalized spacial score (nSPS) is 10.4. The van der Waals surface area contributed by atoms with Crippen LogP contribution in [0.5, 0.6) is 0 Å². The molecule has 0 bridgehead atoms. The molecule has 88 valence electrons. The van der Waals surface area contributed by atoms with Crippen LogP contribution in [0.4, 0.5) is 11.5 Å². The lowest BCUT2D eigenvalue weighted by atomic mass is 10.2. The minimum atomic E-state index is 0.758. The van der Waals surface area contributed by atoms with Gasteiger partial charge in [-0.15, -0.1) is 0 Å². The van der Waals surface area contributed by atoms with E-state index >= 15 is 0 Å². The monoisotopic (exact) mass is 291 g/mol. The van der Waals surface area contributed by atoms with Gasteiger partial charge in [-0.25, -0.2) is 9.97 Å². The fourth-order valence-electron chi connectivity index (χ4n) is 1.66. The highest BCUT2D eigenvalue weighted by molar-refractivity contribution is 9.10. The summed E-state index contributed by atoms with van der Waals surface area (Å²) in [4.78, 5) is 10.7. The largest absolute Gasteiger partial charge is 0.329 e. The molecule has 1 aromatic heterocycles. The standard InChI is InChI=1S/C13H14BrN3/c1-9-5-4-6-11(7-9)17(3)13-8-12(14)15-10(2)16-13/h4-8H,1-3H3. The molecule has 0 aliphatic carbocycles. The number of hydrogen-bond donors (Lipinski definition) is 0. The van der Waals surface area contributed by atoms with Crippen LogP contribution in [0.25, 0.3) is 0 Å². The summed E-state index contributed by atoms with van der Waals surface area (Å²) in [5, 5.41) is 0. The molecule has 0 fully saturated rings. The maximum atomic E-state index is 4.42. The van der Waals surface area contributed by atoms with Crippen molar-refractivity contribution in [1.82, 2.24) is 9.97 Å². The molecule has 0 radical (unpaired) electrons. The van der Waals surface area contributed by atoms with Gasteiger partial charge in [-0.2, -0.15) is 0 Å². The summed E-state index contributed by atoms with van der Waals surface area (Å²) in [5.74, 6) is 1.64. The minimum absolute atomic E-state index is 0.758. The van der Waals surface area contributed by atoms with Crippen molar-refractivity contribution in [2.24, 2.45) is 0 Å². The van der Waals surface area contributed by atoms with Gasteiger partial charge in [0.25, 0.3) is 0 Å². The Morgan fingerprint density at radius 3 is 2.53 bits per heavy atom. The zero-order valence-electron chi connectivity index (χ0n) is 10.1. The van der Waals surface area contributed by atoms with E-state index in [4.69, 9.17) is 0 Å². The van der Waals surface area contributed by atoms with E-state index in [2.05, 4.69) is 51.0 Å². The van der Waals surface area contributed by atoms with Crippen molar-refractivity contribution in [3.8, 4) is 0 Å². The van der Waals surface area contributed by atoms with E-state index in [1.165, 1.54) is 5.56 Å². The Morgan fingerprint density at radius 2 is 1.88 bits per heavy atom. The second-order valence-electron chi connectivity index (χ2n) is 3.99. The molecule has 3 nitrogen and oxygen atoms in total. The first kappa shape index (κ1) is 12.0. The lowest BCUT2D eigenvalue weighted by Gasteiger charge is -2.19. The number of anilines is 2. The van der Waals surface area contributed by atoms with Crippen molar-refractivity contribution in [1.29, 1.82) is 0 Å². The molecule has 0 saturated heterocycles. The quantitative estimate of drug-likeness (QED) is 0.792. The summed E-state index contributed by atoms with van der Waals surface area (Å²) in [5.41, 5.74) is 2.36. The van der Waals surface area contributed by atoms with Crippen LogP contribution in [0.15, 0.2) is 34.9 Å². The predicted octanol–water partition coefficient (Wildman–Crippen LogP) is 3.62. The highest BCUT2D eigenvalue weighted by atomic mass is 79.9. The van der Waals surface area contributed by atoms with Gasteiger partial charge in [-0.1, -0.05) is 12.1 Å². The number of halogens is 1. The second kappa shape index (κ2) is 4.84. The van der Waals surface area contributed by atoms with Crippen LogP contribution in [-0.4, -0.2) is 17.0 Å². The molecule has 0 amide bonds. The van der Waals surface area contributed by atoms with E-state index in [0.29, 0.717) is 0 Å².